The topological polar surface area (TPSA) is 69.6 Å². The molecule has 0 aliphatic carbocycles. The quantitative estimate of drug-likeness (QED) is 0.702. The zero-order chi connectivity index (χ0) is 14.5. The fourth-order valence-corrected chi connectivity index (χ4v) is 2.04. The maximum Gasteiger partial charge on any atom is 0.255 e. The second kappa shape index (κ2) is 6.80. The molecule has 0 radical (unpaired) electrons. The Bertz CT molecular complexity index is 446. The first kappa shape index (κ1) is 15.8. The number of amides is 1. The van der Waals surface area contributed by atoms with Crippen LogP contribution in [0, 0.1) is 5.41 Å². The molecule has 0 saturated heterocycles. The monoisotopic (exact) mass is 329 g/mol. The molecule has 19 heavy (non-hydrogen) atoms. The molecule has 4 nitrogen and oxygen atoms in total. The van der Waals surface area contributed by atoms with E-state index >= 15 is 0 Å². The van der Waals surface area contributed by atoms with Gasteiger partial charge in [0.05, 0.1) is 5.56 Å². The number of carbonyl (C=O) groups is 1. The third-order valence-electron chi connectivity index (χ3n) is 2.94. The Labute approximate surface area is 122 Å². The van der Waals surface area contributed by atoms with Crippen LogP contribution in [0.3, 0.4) is 0 Å². The first-order chi connectivity index (χ1) is 8.85. The minimum Gasteiger partial charge on any atom is -0.508 e. The van der Waals surface area contributed by atoms with Gasteiger partial charge in [-0.2, -0.15) is 0 Å². The van der Waals surface area contributed by atoms with Crippen LogP contribution in [0.5, 0.6) is 11.5 Å². The van der Waals surface area contributed by atoms with Gasteiger partial charge < -0.3 is 15.5 Å². The molecule has 1 aromatic rings. The molecule has 0 bridgehead atoms. The van der Waals surface area contributed by atoms with Gasteiger partial charge in [-0.05, 0) is 30.4 Å². The summed E-state index contributed by atoms with van der Waals surface area (Å²) in [5.41, 5.74) is 0.185. The van der Waals surface area contributed by atoms with Crippen molar-refractivity contribution in [3.63, 3.8) is 0 Å². The van der Waals surface area contributed by atoms with Crippen LogP contribution < -0.4 is 5.32 Å². The highest BCUT2D eigenvalue weighted by Gasteiger charge is 2.19. The number of halogens is 1. The zero-order valence-electron chi connectivity index (χ0n) is 11.2. The van der Waals surface area contributed by atoms with E-state index < -0.39 is 0 Å². The lowest BCUT2D eigenvalue weighted by atomic mass is 9.88. The summed E-state index contributed by atoms with van der Waals surface area (Å²) in [7, 11) is 0. The van der Waals surface area contributed by atoms with Gasteiger partial charge in [-0.1, -0.05) is 29.8 Å². The van der Waals surface area contributed by atoms with E-state index in [4.69, 9.17) is 0 Å². The minimum absolute atomic E-state index is 0.00989. The average molecular weight is 330 g/mol. The second-order valence-electron chi connectivity index (χ2n) is 5.34. The molecule has 0 fully saturated rings. The molecule has 1 aromatic carbocycles. The van der Waals surface area contributed by atoms with E-state index in [0.29, 0.717) is 6.54 Å². The van der Waals surface area contributed by atoms with Gasteiger partial charge in [0.25, 0.3) is 5.91 Å². The molecule has 0 atom stereocenters. The Kier molecular flexibility index (Phi) is 5.66. The molecule has 0 aromatic heterocycles. The summed E-state index contributed by atoms with van der Waals surface area (Å²) in [6, 6.07) is 3.95. The largest absolute Gasteiger partial charge is 0.508 e. The number of phenols is 2. The number of rotatable bonds is 6. The molecular weight excluding hydrogens is 310 g/mol. The van der Waals surface area contributed by atoms with Crippen LogP contribution in [-0.4, -0.2) is 28.0 Å². The van der Waals surface area contributed by atoms with Crippen molar-refractivity contribution in [2.75, 3.05) is 11.9 Å². The average Bonchev–Trinajstić information content (AvgIpc) is 2.34. The SMILES string of the molecule is CC(C)(CCCBr)CNC(=O)c1ccc(O)cc1O. The highest BCUT2D eigenvalue weighted by molar-refractivity contribution is 9.09. The van der Waals surface area contributed by atoms with Crippen LogP contribution in [0.2, 0.25) is 0 Å². The van der Waals surface area contributed by atoms with Crippen LogP contribution in [0.25, 0.3) is 0 Å². The number of hydrogen-bond acceptors (Lipinski definition) is 3. The van der Waals surface area contributed by atoms with Gasteiger partial charge in [-0.3, -0.25) is 4.79 Å². The number of phenolic OH excluding ortho intramolecular Hbond substituents is 2. The van der Waals surface area contributed by atoms with Crippen molar-refractivity contribution in [2.45, 2.75) is 26.7 Å². The van der Waals surface area contributed by atoms with E-state index in [1.54, 1.807) is 0 Å². The third-order valence-corrected chi connectivity index (χ3v) is 3.50. The number of alkyl halides is 1. The van der Waals surface area contributed by atoms with Crippen LogP contribution >= 0.6 is 15.9 Å². The van der Waals surface area contributed by atoms with Gasteiger partial charge in [0.2, 0.25) is 0 Å². The summed E-state index contributed by atoms with van der Waals surface area (Å²) >= 11 is 3.39. The summed E-state index contributed by atoms with van der Waals surface area (Å²) in [6.07, 6.45) is 2.05. The summed E-state index contributed by atoms with van der Waals surface area (Å²) in [4.78, 5) is 11.9. The Morgan fingerprint density at radius 2 is 2.05 bits per heavy atom. The lowest BCUT2D eigenvalue weighted by molar-refractivity contribution is 0.0932. The molecule has 0 heterocycles. The number of aromatic hydroxyl groups is 2. The third kappa shape index (κ3) is 5.11. The predicted octanol–water partition coefficient (Wildman–Crippen LogP) is 3.03. The maximum atomic E-state index is 11.9. The number of carbonyl (C=O) groups excluding carboxylic acids is 1. The highest BCUT2D eigenvalue weighted by atomic mass is 79.9. The molecular formula is C14H20BrNO3. The summed E-state index contributed by atoms with van der Waals surface area (Å²) < 4.78 is 0. The normalized spacial score (nSPS) is 11.3. The fraction of sp³-hybridized carbons (Fsp3) is 0.500. The summed E-state index contributed by atoms with van der Waals surface area (Å²) in [5.74, 6) is -0.605. The molecule has 0 aliphatic rings. The van der Waals surface area contributed by atoms with Crippen LogP contribution in [0.4, 0.5) is 0 Å². The fourth-order valence-electron chi connectivity index (χ4n) is 1.76. The van der Waals surface area contributed by atoms with E-state index in [9.17, 15) is 15.0 Å². The van der Waals surface area contributed by atoms with Crippen molar-refractivity contribution >= 4 is 21.8 Å². The van der Waals surface area contributed by atoms with Crippen molar-refractivity contribution in [1.29, 1.82) is 0 Å². The van der Waals surface area contributed by atoms with Gasteiger partial charge in [0, 0.05) is 17.9 Å². The molecule has 0 spiro atoms. The standard InChI is InChI=1S/C14H20BrNO3/c1-14(2,6-3-7-15)9-16-13(19)11-5-4-10(17)8-12(11)18/h4-5,8,17-18H,3,6-7,9H2,1-2H3,(H,16,19). The molecule has 5 heteroatoms. The Hall–Kier alpha value is -1.23. The predicted molar refractivity (Wildman–Crippen MR) is 78.9 cm³/mol. The Balaban J connectivity index is 2.60. The van der Waals surface area contributed by atoms with E-state index in [1.165, 1.54) is 12.1 Å². The van der Waals surface area contributed by atoms with E-state index in [2.05, 4.69) is 35.1 Å². The van der Waals surface area contributed by atoms with Gasteiger partial charge in [0.15, 0.2) is 0 Å². The van der Waals surface area contributed by atoms with Crippen LogP contribution in [0.15, 0.2) is 18.2 Å². The number of hydrogen-bond donors (Lipinski definition) is 3. The molecule has 0 aliphatic heterocycles. The van der Waals surface area contributed by atoms with E-state index in [-0.39, 0.29) is 28.4 Å². The Morgan fingerprint density at radius 1 is 1.37 bits per heavy atom. The smallest absolute Gasteiger partial charge is 0.255 e. The molecule has 1 rings (SSSR count). The molecule has 0 unspecified atom stereocenters. The van der Waals surface area contributed by atoms with Crippen molar-refractivity contribution in [3.05, 3.63) is 23.8 Å². The van der Waals surface area contributed by atoms with Gasteiger partial charge in [0.1, 0.15) is 11.5 Å². The molecule has 0 saturated carbocycles. The van der Waals surface area contributed by atoms with E-state index in [0.717, 1.165) is 24.2 Å². The van der Waals surface area contributed by atoms with Crippen molar-refractivity contribution in [1.82, 2.24) is 5.32 Å². The molecule has 106 valence electrons. The minimum atomic E-state index is -0.329. The molecule has 1 amide bonds. The summed E-state index contributed by atoms with van der Waals surface area (Å²) in [5, 5.41) is 22.5. The lowest BCUT2D eigenvalue weighted by Crippen LogP contribution is -2.34. The van der Waals surface area contributed by atoms with Gasteiger partial charge in [-0.15, -0.1) is 0 Å². The van der Waals surface area contributed by atoms with Gasteiger partial charge in [-0.25, -0.2) is 0 Å². The Morgan fingerprint density at radius 3 is 2.63 bits per heavy atom. The lowest BCUT2D eigenvalue weighted by Gasteiger charge is -2.24. The van der Waals surface area contributed by atoms with Crippen molar-refractivity contribution in [3.8, 4) is 11.5 Å². The second-order valence-corrected chi connectivity index (χ2v) is 6.13. The van der Waals surface area contributed by atoms with Crippen molar-refractivity contribution < 1.29 is 15.0 Å². The molecule has 3 N–H and O–H groups in total. The number of benzene rings is 1. The highest BCUT2D eigenvalue weighted by Crippen LogP contribution is 2.24. The first-order valence-corrected chi connectivity index (χ1v) is 7.34. The zero-order valence-corrected chi connectivity index (χ0v) is 12.8. The van der Waals surface area contributed by atoms with Crippen molar-refractivity contribution in [2.24, 2.45) is 5.41 Å². The van der Waals surface area contributed by atoms with Crippen LogP contribution in [0.1, 0.15) is 37.0 Å². The van der Waals surface area contributed by atoms with Gasteiger partial charge >= 0.3 is 0 Å². The van der Waals surface area contributed by atoms with Crippen LogP contribution in [-0.2, 0) is 0 Å². The number of nitrogens with one attached hydrogen (secondary N) is 1. The first-order valence-electron chi connectivity index (χ1n) is 6.22. The maximum absolute atomic E-state index is 11.9. The summed E-state index contributed by atoms with van der Waals surface area (Å²) in [6.45, 7) is 4.72. The van der Waals surface area contributed by atoms with E-state index in [1.807, 2.05) is 0 Å².